The zero-order valence-corrected chi connectivity index (χ0v) is 15.9. The van der Waals surface area contributed by atoms with Crippen LogP contribution in [0.1, 0.15) is 13.0 Å². The van der Waals surface area contributed by atoms with Gasteiger partial charge in [-0.1, -0.05) is 23.7 Å². The zero-order valence-electron chi connectivity index (χ0n) is 14.3. The Bertz CT molecular complexity index is 1160. The summed E-state index contributed by atoms with van der Waals surface area (Å²) in [5, 5.41) is 12.4. The summed E-state index contributed by atoms with van der Waals surface area (Å²) in [5.41, 5.74) is 3.19. The van der Waals surface area contributed by atoms with Gasteiger partial charge in [0.25, 0.3) is 5.56 Å². The fraction of sp³-hybridized carbons (Fsp3) is 0.158. The zero-order chi connectivity index (χ0) is 19.0. The van der Waals surface area contributed by atoms with Crippen LogP contribution in [0.5, 0.6) is 0 Å². The van der Waals surface area contributed by atoms with E-state index in [1.165, 1.54) is 22.4 Å². The molecule has 8 heteroatoms. The molecule has 136 valence electrons. The molecule has 1 N–H and O–H groups in total. The van der Waals surface area contributed by atoms with Crippen molar-refractivity contribution in [2.24, 2.45) is 0 Å². The van der Waals surface area contributed by atoms with E-state index in [-0.39, 0.29) is 18.2 Å². The molecule has 1 atom stereocenters. The Labute approximate surface area is 163 Å². The van der Waals surface area contributed by atoms with E-state index in [0.29, 0.717) is 27.3 Å². The molecule has 0 radical (unpaired) electrons. The van der Waals surface area contributed by atoms with E-state index in [2.05, 4.69) is 9.36 Å². The van der Waals surface area contributed by atoms with Gasteiger partial charge < -0.3 is 5.11 Å². The first-order chi connectivity index (χ1) is 13.1. The third-order valence-corrected chi connectivity index (χ3v) is 5.19. The first-order valence-corrected chi connectivity index (χ1v) is 9.48. The van der Waals surface area contributed by atoms with Crippen LogP contribution in [0.2, 0.25) is 5.02 Å². The van der Waals surface area contributed by atoms with E-state index in [4.69, 9.17) is 16.6 Å². The van der Waals surface area contributed by atoms with Crippen LogP contribution in [-0.4, -0.2) is 30.6 Å². The summed E-state index contributed by atoms with van der Waals surface area (Å²) < 4.78 is 5.58. The van der Waals surface area contributed by atoms with Crippen molar-refractivity contribution in [1.29, 1.82) is 0 Å². The van der Waals surface area contributed by atoms with Crippen LogP contribution >= 0.6 is 23.1 Å². The van der Waals surface area contributed by atoms with Gasteiger partial charge in [0.15, 0.2) is 0 Å². The lowest BCUT2D eigenvalue weighted by molar-refractivity contribution is 0.236. The second-order valence-corrected chi connectivity index (χ2v) is 7.25. The highest BCUT2D eigenvalue weighted by molar-refractivity contribution is 7.03. The topological polar surface area (TPSA) is 80.9 Å². The van der Waals surface area contributed by atoms with Crippen LogP contribution in [0, 0.1) is 0 Å². The summed E-state index contributed by atoms with van der Waals surface area (Å²) in [5.74, 6) is 0. The van der Waals surface area contributed by atoms with Gasteiger partial charge in [0, 0.05) is 21.5 Å². The molecule has 0 bridgehead atoms. The lowest BCUT2D eigenvalue weighted by atomic mass is 10.1. The van der Waals surface area contributed by atoms with Gasteiger partial charge in [-0.05, 0) is 36.7 Å². The molecule has 0 saturated heterocycles. The first-order valence-electron chi connectivity index (χ1n) is 8.27. The minimum atomic E-state index is -0.368. The summed E-state index contributed by atoms with van der Waals surface area (Å²) in [6.45, 7) is 1.61. The third-order valence-electron chi connectivity index (χ3n) is 4.35. The van der Waals surface area contributed by atoms with Gasteiger partial charge in [0.05, 0.1) is 41.9 Å². The van der Waals surface area contributed by atoms with Gasteiger partial charge >= 0.3 is 0 Å². The molecule has 0 aliphatic heterocycles. The quantitative estimate of drug-likeness (QED) is 0.565. The highest BCUT2D eigenvalue weighted by atomic mass is 35.5. The predicted molar refractivity (Wildman–Crippen MR) is 107 cm³/mol. The SMILES string of the molecule is CC(CO)n1cnc2c(-c3cnsc3)nc(-c3ccc(Cl)cc3)cc2c1=O. The van der Waals surface area contributed by atoms with Crippen molar-refractivity contribution < 1.29 is 5.11 Å². The number of benzene rings is 1. The molecular weight excluding hydrogens is 384 g/mol. The van der Waals surface area contributed by atoms with Crippen molar-refractivity contribution in [3.8, 4) is 22.5 Å². The number of aliphatic hydroxyl groups excluding tert-OH is 1. The van der Waals surface area contributed by atoms with E-state index in [1.807, 2.05) is 17.5 Å². The number of pyridine rings is 1. The van der Waals surface area contributed by atoms with Crippen molar-refractivity contribution >= 4 is 34.0 Å². The van der Waals surface area contributed by atoms with Gasteiger partial charge in [-0.15, -0.1) is 0 Å². The highest BCUT2D eigenvalue weighted by Gasteiger charge is 2.17. The fourth-order valence-electron chi connectivity index (χ4n) is 2.84. The Morgan fingerprint density at radius 2 is 2.04 bits per heavy atom. The summed E-state index contributed by atoms with van der Waals surface area (Å²) >= 11 is 7.30. The molecule has 3 aromatic heterocycles. The van der Waals surface area contributed by atoms with Crippen LogP contribution in [-0.2, 0) is 0 Å². The second-order valence-electron chi connectivity index (χ2n) is 6.16. The molecule has 1 unspecified atom stereocenters. The second kappa shape index (κ2) is 7.19. The number of fused-ring (bicyclic) bond motifs is 1. The van der Waals surface area contributed by atoms with Crippen LogP contribution in [0.25, 0.3) is 33.4 Å². The Hall–Kier alpha value is -2.61. The maximum absolute atomic E-state index is 13.0. The monoisotopic (exact) mass is 398 g/mol. The van der Waals surface area contributed by atoms with Crippen molar-refractivity contribution in [2.75, 3.05) is 6.61 Å². The molecule has 0 saturated carbocycles. The van der Waals surface area contributed by atoms with Crippen LogP contribution in [0.3, 0.4) is 0 Å². The highest BCUT2D eigenvalue weighted by Crippen LogP contribution is 2.29. The van der Waals surface area contributed by atoms with Crippen molar-refractivity contribution in [2.45, 2.75) is 13.0 Å². The lowest BCUT2D eigenvalue weighted by Gasteiger charge is -2.14. The molecule has 4 rings (SSSR count). The Balaban J connectivity index is 2.04. The van der Waals surface area contributed by atoms with Crippen LogP contribution in [0.15, 0.2) is 53.0 Å². The first kappa shape index (κ1) is 17.8. The van der Waals surface area contributed by atoms with E-state index in [9.17, 15) is 9.90 Å². The molecule has 1 aromatic carbocycles. The van der Waals surface area contributed by atoms with E-state index in [1.54, 1.807) is 31.3 Å². The minimum absolute atomic E-state index is 0.149. The van der Waals surface area contributed by atoms with Crippen molar-refractivity contribution in [3.63, 3.8) is 0 Å². The molecule has 27 heavy (non-hydrogen) atoms. The molecule has 3 heterocycles. The van der Waals surface area contributed by atoms with E-state index in [0.717, 1.165) is 11.1 Å². The van der Waals surface area contributed by atoms with Gasteiger partial charge in [-0.3, -0.25) is 9.36 Å². The normalized spacial score (nSPS) is 12.4. The predicted octanol–water partition coefficient (Wildman–Crippen LogP) is 3.79. The van der Waals surface area contributed by atoms with Gasteiger partial charge in [-0.2, -0.15) is 0 Å². The summed E-state index contributed by atoms with van der Waals surface area (Å²) in [6, 6.07) is 8.65. The maximum atomic E-state index is 13.0. The third kappa shape index (κ3) is 3.25. The Morgan fingerprint density at radius 1 is 1.26 bits per heavy atom. The van der Waals surface area contributed by atoms with Gasteiger partial charge in [0.1, 0.15) is 5.52 Å². The molecule has 6 nitrogen and oxygen atoms in total. The van der Waals surface area contributed by atoms with Gasteiger partial charge in [-0.25, -0.2) is 14.3 Å². The number of halogens is 1. The number of aromatic nitrogens is 4. The molecule has 0 spiro atoms. The molecule has 0 aliphatic carbocycles. The van der Waals surface area contributed by atoms with Crippen molar-refractivity contribution in [3.05, 3.63) is 63.6 Å². The van der Waals surface area contributed by atoms with Crippen molar-refractivity contribution in [1.82, 2.24) is 18.9 Å². The molecule has 0 fully saturated rings. The minimum Gasteiger partial charge on any atom is -0.394 e. The van der Waals surface area contributed by atoms with Crippen LogP contribution < -0.4 is 5.56 Å². The average molecular weight is 399 g/mol. The van der Waals surface area contributed by atoms with E-state index < -0.39 is 0 Å². The Morgan fingerprint density at radius 3 is 2.70 bits per heavy atom. The number of nitrogens with zero attached hydrogens (tertiary/aromatic N) is 4. The largest absolute Gasteiger partial charge is 0.394 e. The lowest BCUT2D eigenvalue weighted by Crippen LogP contribution is -2.25. The number of hydrogen-bond acceptors (Lipinski definition) is 6. The molecule has 4 aromatic rings. The Kier molecular flexibility index (Phi) is 4.73. The summed E-state index contributed by atoms with van der Waals surface area (Å²) in [6.07, 6.45) is 3.17. The molecular formula is C19H15ClN4O2S. The molecule has 0 aliphatic rings. The smallest absolute Gasteiger partial charge is 0.261 e. The fourth-order valence-corrected chi connectivity index (χ4v) is 3.48. The van der Waals surface area contributed by atoms with Gasteiger partial charge in [0.2, 0.25) is 0 Å². The molecule has 0 amide bonds. The average Bonchev–Trinajstić information content (AvgIpc) is 3.22. The maximum Gasteiger partial charge on any atom is 0.261 e. The number of hydrogen-bond donors (Lipinski definition) is 1. The van der Waals surface area contributed by atoms with E-state index >= 15 is 0 Å². The number of rotatable bonds is 4. The number of aliphatic hydroxyl groups is 1. The standard InChI is InChI=1S/C19H15ClN4O2S/c1-11(8-25)24-10-21-18-15(19(24)26)6-16(12-2-4-14(20)5-3-12)23-17(18)13-7-22-27-9-13/h2-7,9-11,25H,8H2,1H3. The summed E-state index contributed by atoms with van der Waals surface area (Å²) in [4.78, 5) is 22.2. The summed E-state index contributed by atoms with van der Waals surface area (Å²) in [7, 11) is 0. The van der Waals surface area contributed by atoms with Crippen LogP contribution in [0.4, 0.5) is 0 Å².